The van der Waals surface area contributed by atoms with Crippen molar-refractivity contribution < 1.29 is 17.9 Å². The van der Waals surface area contributed by atoms with Gasteiger partial charge in [-0.1, -0.05) is 0 Å². The highest BCUT2D eigenvalue weighted by Crippen LogP contribution is 2.40. The van der Waals surface area contributed by atoms with Gasteiger partial charge in [0, 0.05) is 36.4 Å². The SMILES string of the molecule is CS(=O)(=O)C1CSCCN1c1cc2c(cc1N)OCCO2. The molecule has 0 saturated carbocycles. The molecule has 6 nitrogen and oxygen atoms in total. The van der Waals surface area contributed by atoms with Crippen molar-refractivity contribution in [1.29, 1.82) is 0 Å². The van der Waals surface area contributed by atoms with Crippen LogP contribution in [0.2, 0.25) is 0 Å². The highest BCUT2D eigenvalue weighted by atomic mass is 32.2. The molecule has 2 aliphatic heterocycles. The second-order valence-electron chi connectivity index (χ2n) is 5.11. The van der Waals surface area contributed by atoms with Gasteiger partial charge in [0.25, 0.3) is 0 Å². The number of anilines is 2. The first-order valence-electron chi connectivity index (χ1n) is 6.69. The molecule has 0 bridgehead atoms. The van der Waals surface area contributed by atoms with Crippen LogP contribution >= 0.6 is 11.8 Å². The van der Waals surface area contributed by atoms with Gasteiger partial charge in [0.1, 0.15) is 18.6 Å². The predicted molar refractivity (Wildman–Crippen MR) is 85.1 cm³/mol. The van der Waals surface area contributed by atoms with E-state index >= 15 is 0 Å². The zero-order valence-corrected chi connectivity index (χ0v) is 13.4. The summed E-state index contributed by atoms with van der Waals surface area (Å²) in [5.74, 6) is 2.66. The van der Waals surface area contributed by atoms with Crippen LogP contribution in [0.5, 0.6) is 11.5 Å². The third-order valence-corrected chi connectivity index (χ3v) is 6.22. The third kappa shape index (κ3) is 2.87. The minimum absolute atomic E-state index is 0.488. The van der Waals surface area contributed by atoms with Gasteiger partial charge in [0.15, 0.2) is 21.3 Å². The quantitative estimate of drug-likeness (QED) is 0.809. The molecule has 0 spiro atoms. The molecule has 1 aromatic carbocycles. The number of ether oxygens (including phenoxy) is 2. The molecular weight excluding hydrogens is 312 g/mol. The molecule has 3 rings (SSSR count). The minimum atomic E-state index is -3.18. The molecule has 116 valence electrons. The van der Waals surface area contributed by atoms with E-state index in [1.54, 1.807) is 23.9 Å². The first-order chi connectivity index (χ1) is 9.97. The maximum atomic E-state index is 12.0. The Balaban J connectivity index is 2.01. The number of benzene rings is 1. The van der Waals surface area contributed by atoms with Crippen LogP contribution in [-0.2, 0) is 9.84 Å². The molecule has 1 unspecified atom stereocenters. The van der Waals surface area contributed by atoms with Crippen LogP contribution in [-0.4, -0.2) is 51.3 Å². The Morgan fingerprint density at radius 1 is 1.29 bits per heavy atom. The van der Waals surface area contributed by atoms with Gasteiger partial charge in [-0.05, 0) is 0 Å². The van der Waals surface area contributed by atoms with Crippen molar-refractivity contribution in [3.8, 4) is 11.5 Å². The second kappa shape index (κ2) is 5.49. The van der Waals surface area contributed by atoms with Gasteiger partial charge < -0.3 is 20.1 Å². The van der Waals surface area contributed by atoms with E-state index in [0.717, 1.165) is 5.75 Å². The number of nitrogen functional groups attached to an aromatic ring is 1. The Morgan fingerprint density at radius 2 is 1.95 bits per heavy atom. The maximum Gasteiger partial charge on any atom is 0.169 e. The van der Waals surface area contributed by atoms with Crippen molar-refractivity contribution in [3.05, 3.63) is 12.1 Å². The van der Waals surface area contributed by atoms with E-state index in [1.807, 2.05) is 4.90 Å². The van der Waals surface area contributed by atoms with E-state index in [9.17, 15) is 8.42 Å². The normalized spacial score (nSPS) is 22.1. The minimum Gasteiger partial charge on any atom is -0.486 e. The fourth-order valence-electron chi connectivity index (χ4n) is 2.55. The highest BCUT2D eigenvalue weighted by molar-refractivity contribution is 8.01. The molecule has 2 N–H and O–H groups in total. The fourth-order valence-corrected chi connectivity index (χ4v) is 5.39. The standard InChI is InChI=1S/C13H18N2O4S2/c1-21(16,17)13-8-20-5-2-15(13)10-7-12-11(6-9(10)14)18-3-4-19-12/h6-7,13H,2-5,8,14H2,1H3. The number of thioether (sulfide) groups is 1. The van der Waals surface area contributed by atoms with Crippen LogP contribution in [0.3, 0.4) is 0 Å². The van der Waals surface area contributed by atoms with Crippen molar-refractivity contribution in [2.75, 3.05) is 48.2 Å². The van der Waals surface area contributed by atoms with E-state index in [-0.39, 0.29) is 0 Å². The molecule has 0 aromatic heterocycles. The zero-order valence-electron chi connectivity index (χ0n) is 11.7. The summed E-state index contributed by atoms with van der Waals surface area (Å²) in [5, 5.41) is -0.555. The summed E-state index contributed by atoms with van der Waals surface area (Å²) in [4.78, 5) is 1.86. The molecule has 2 aliphatic rings. The Bertz CT molecular complexity index is 648. The molecule has 1 atom stereocenters. The smallest absolute Gasteiger partial charge is 0.169 e. The molecule has 0 amide bonds. The van der Waals surface area contributed by atoms with Crippen molar-refractivity contribution in [1.82, 2.24) is 0 Å². The summed E-state index contributed by atoms with van der Waals surface area (Å²) in [6.07, 6.45) is 1.27. The summed E-state index contributed by atoms with van der Waals surface area (Å²) >= 11 is 1.65. The molecule has 1 saturated heterocycles. The number of hydrogen-bond acceptors (Lipinski definition) is 7. The number of fused-ring (bicyclic) bond motifs is 1. The topological polar surface area (TPSA) is 81.9 Å². The van der Waals surface area contributed by atoms with Gasteiger partial charge in [0.2, 0.25) is 0 Å². The molecule has 2 heterocycles. The lowest BCUT2D eigenvalue weighted by Gasteiger charge is -2.37. The summed E-state index contributed by atoms with van der Waals surface area (Å²) in [6, 6.07) is 3.50. The number of sulfone groups is 1. The van der Waals surface area contributed by atoms with E-state index in [4.69, 9.17) is 15.2 Å². The third-order valence-electron chi connectivity index (χ3n) is 3.58. The second-order valence-corrected chi connectivity index (χ2v) is 8.46. The molecule has 0 aliphatic carbocycles. The molecule has 0 radical (unpaired) electrons. The Labute approximate surface area is 128 Å². The molecule has 1 aromatic rings. The fraction of sp³-hybridized carbons (Fsp3) is 0.538. The average Bonchev–Trinajstić information content (AvgIpc) is 2.45. The molecule has 1 fully saturated rings. The molecule has 8 heteroatoms. The Hall–Kier alpha value is -1.28. The lowest BCUT2D eigenvalue weighted by molar-refractivity contribution is 0.172. The van der Waals surface area contributed by atoms with Gasteiger partial charge >= 0.3 is 0 Å². The van der Waals surface area contributed by atoms with Gasteiger partial charge in [-0.15, -0.1) is 0 Å². The summed E-state index contributed by atoms with van der Waals surface area (Å²) in [5.41, 5.74) is 7.32. The summed E-state index contributed by atoms with van der Waals surface area (Å²) < 4.78 is 35.1. The Morgan fingerprint density at radius 3 is 2.62 bits per heavy atom. The lowest BCUT2D eigenvalue weighted by atomic mass is 10.2. The van der Waals surface area contributed by atoms with Crippen LogP contribution < -0.4 is 20.1 Å². The van der Waals surface area contributed by atoms with Crippen LogP contribution in [0.15, 0.2) is 12.1 Å². The van der Waals surface area contributed by atoms with Crippen LogP contribution in [0, 0.1) is 0 Å². The summed E-state index contributed by atoms with van der Waals surface area (Å²) in [7, 11) is -3.18. The van der Waals surface area contributed by atoms with Crippen molar-refractivity contribution in [2.24, 2.45) is 0 Å². The summed E-state index contributed by atoms with van der Waals surface area (Å²) in [6.45, 7) is 1.63. The zero-order chi connectivity index (χ0) is 15.0. The van der Waals surface area contributed by atoms with Crippen molar-refractivity contribution >= 4 is 33.0 Å². The van der Waals surface area contributed by atoms with Crippen molar-refractivity contribution in [3.63, 3.8) is 0 Å². The van der Waals surface area contributed by atoms with Crippen LogP contribution in [0.25, 0.3) is 0 Å². The maximum absolute atomic E-state index is 12.0. The van der Waals surface area contributed by atoms with E-state index < -0.39 is 15.2 Å². The van der Waals surface area contributed by atoms with Crippen LogP contribution in [0.1, 0.15) is 0 Å². The van der Waals surface area contributed by atoms with Gasteiger partial charge in [0.05, 0.1) is 11.4 Å². The number of nitrogens with zero attached hydrogens (tertiary/aromatic N) is 1. The number of nitrogens with two attached hydrogens (primary N) is 1. The van der Waals surface area contributed by atoms with Gasteiger partial charge in [-0.3, -0.25) is 0 Å². The monoisotopic (exact) mass is 330 g/mol. The lowest BCUT2D eigenvalue weighted by Crippen LogP contribution is -2.47. The molecule has 21 heavy (non-hydrogen) atoms. The number of hydrogen-bond donors (Lipinski definition) is 1. The predicted octanol–water partition coefficient (Wildman–Crippen LogP) is 0.964. The van der Waals surface area contributed by atoms with E-state index in [1.165, 1.54) is 6.26 Å². The molecular formula is C13H18N2O4S2. The Kier molecular flexibility index (Phi) is 3.83. The van der Waals surface area contributed by atoms with Crippen molar-refractivity contribution in [2.45, 2.75) is 5.37 Å². The number of rotatable bonds is 2. The van der Waals surface area contributed by atoms with Gasteiger partial charge in [-0.2, -0.15) is 11.8 Å². The van der Waals surface area contributed by atoms with E-state index in [2.05, 4.69) is 0 Å². The van der Waals surface area contributed by atoms with E-state index in [0.29, 0.717) is 48.4 Å². The van der Waals surface area contributed by atoms with Gasteiger partial charge in [-0.25, -0.2) is 8.42 Å². The average molecular weight is 330 g/mol. The first-order valence-corrected chi connectivity index (χ1v) is 9.80. The largest absolute Gasteiger partial charge is 0.486 e. The highest BCUT2D eigenvalue weighted by Gasteiger charge is 2.33. The first kappa shape index (κ1) is 14.6. The van der Waals surface area contributed by atoms with Crippen LogP contribution in [0.4, 0.5) is 11.4 Å².